The van der Waals surface area contributed by atoms with Crippen LogP contribution in [0, 0.1) is 0 Å². The molecule has 1 atom stereocenters. The minimum absolute atomic E-state index is 0.153. The van der Waals surface area contributed by atoms with Crippen LogP contribution in [0.25, 0.3) is 11.1 Å². The molecular formula is C22H26N4O4. The first-order valence-corrected chi connectivity index (χ1v) is 10.0. The van der Waals surface area contributed by atoms with Crippen LogP contribution >= 0.6 is 0 Å². The van der Waals surface area contributed by atoms with Crippen molar-refractivity contribution in [1.29, 1.82) is 0 Å². The third-order valence-electron chi connectivity index (χ3n) is 4.74. The lowest BCUT2D eigenvalue weighted by molar-refractivity contribution is 0.0198. The molecule has 0 N–H and O–H groups in total. The second-order valence-electron chi connectivity index (χ2n) is 8.24. The van der Waals surface area contributed by atoms with Gasteiger partial charge in [0.25, 0.3) is 6.01 Å². The Balaban J connectivity index is 1.54. The number of oxazole rings is 1. The summed E-state index contributed by atoms with van der Waals surface area (Å²) in [6, 6.07) is 11.7. The van der Waals surface area contributed by atoms with Gasteiger partial charge >= 0.3 is 6.09 Å². The molecule has 0 radical (unpaired) electrons. The van der Waals surface area contributed by atoms with Crippen LogP contribution in [0.2, 0.25) is 0 Å². The van der Waals surface area contributed by atoms with Crippen LogP contribution in [0.1, 0.15) is 20.8 Å². The molecule has 1 aromatic carbocycles. The number of rotatable bonds is 4. The Bertz CT molecular complexity index is 966. The van der Waals surface area contributed by atoms with Crippen molar-refractivity contribution in [2.45, 2.75) is 32.4 Å². The second kappa shape index (κ2) is 8.22. The smallest absolute Gasteiger partial charge is 0.410 e. The maximum absolute atomic E-state index is 12.6. The van der Waals surface area contributed by atoms with E-state index >= 15 is 0 Å². The number of carbonyl (C=O) groups excluding carboxylic acids is 1. The maximum Gasteiger partial charge on any atom is 0.410 e. The van der Waals surface area contributed by atoms with Gasteiger partial charge in [-0.2, -0.15) is 4.98 Å². The Morgan fingerprint density at radius 3 is 2.77 bits per heavy atom. The average Bonchev–Trinajstić information content (AvgIpc) is 3.15. The van der Waals surface area contributed by atoms with Gasteiger partial charge in [-0.1, -0.05) is 12.1 Å². The number of carbonyl (C=O) groups is 1. The van der Waals surface area contributed by atoms with E-state index in [9.17, 15) is 4.79 Å². The van der Waals surface area contributed by atoms with Crippen LogP contribution in [0.15, 0.2) is 53.2 Å². The SMILES string of the molecule is CC(C)(C)OC(=O)N1CCN(c2nc3ccccc3o2)C(COc2cccnc2)C1. The zero-order valence-electron chi connectivity index (χ0n) is 17.4. The second-order valence-corrected chi connectivity index (χ2v) is 8.24. The number of amides is 1. The zero-order valence-corrected chi connectivity index (χ0v) is 17.4. The number of hydrogen-bond donors (Lipinski definition) is 0. The lowest BCUT2D eigenvalue weighted by atomic mass is 10.2. The van der Waals surface area contributed by atoms with Crippen LogP contribution in [-0.4, -0.2) is 58.8 Å². The van der Waals surface area contributed by atoms with Crippen molar-refractivity contribution in [3.63, 3.8) is 0 Å². The van der Waals surface area contributed by atoms with Gasteiger partial charge in [0, 0.05) is 25.8 Å². The van der Waals surface area contributed by atoms with E-state index in [-0.39, 0.29) is 12.1 Å². The molecule has 8 nitrogen and oxygen atoms in total. The fourth-order valence-corrected chi connectivity index (χ4v) is 3.35. The number of nitrogens with zero attached hydrogens (tertiary/aromatic N) is 4. The fraction of sp³-hybridized carbons (Fsp3) is 0.409. The van der Waals surface area contributed by atoms with Gasteiger partial charge in [-0.3, -0.25) is 4.98 Å². The molecule has 1 aliphatic heterocycles. The van der Waals surface area contributed by atoms with Gasteiger partial charge < -0.3 is 23.7 Å². The largest absolute Gasteiger partial charge is 0.490 e. The summed E-state index contributed by atoms with van der Waals surface area (Å²) in [6.45, 7) is 7.45. The first kappa shape index (κ1) is 20.0. The van der Waals surface area contributed by atoms with Gasteiger partial charge in [0.15, 0.2) is 5.58 Å². The van der Waals surface area contributed by atoms with Crippen molar-refractivity contribution in [2.24, 2.45) is 0 Å². The summed E-state index contributed by atoms with van der Waals surface area (Å²) in [7, 11) is 0. The highest BCUT2D eigenvalue weighted by Gasteiger charge is 2.34. The van der Waals surface area contributed by atoms with Crippen LogP contribution in [0.4, 0.5) is 10.8 Å². The van der Waals surface area contributed by atoms with E-state index in [1.807, 2.05) is 57.2 Å². The van der Waals surface area contributed by atoms with Gasteiger partial charge in [-0.25, -0.2) is 4.79 Å². The molecule has 2 aromatic heterocycles. The number of piperazine rings is 1. The Hall–Kier alpha value is -3.29. The highest BCUT2D eigenvalue weighted by molar-refractivity contribution is 5.74. The fourth-order valence-electron chi connectivity index (χ4n) is 3.35. The molecule has 4 rings (SSSR count). The molecule has 3 aromatic rings. The topological polar surface area (TPSA) is 80.9 Å². The highest BCUT2D eigenvalue weighted by atomic mass is 16.6. The molecule has 0 aliphatic carbocycles. The summed E-state index contributed by atoms with van der Waals surface area (Å²) >= 11 is 0. The van der Waals surface area contributed by atoms with E-state index in [1.165, 1.54) is 0 Å². The van der Waals surface area contributed by atoms with E-state index in [0.29, 0.717) is 38.0 Å². The van der Waals surface area contributed by atoms with Crippen molar-refractivity contribution in [3.05, 3.63) is 48.8 Å². The molecule has 1 saturated heterocycles. The zero-order chi connectivity index (χ0) is 21.1. The van der Waals surface area contributed by atoms with Crippen molar-refractivity contribution in [3.8, 4) is 5.75 Å². The van der Waals surface area contributed by atoms with Crippen LogP contribution < -0.4 is 9.64 Å². The van der Waals surface area contributed by atoms with Crippen molar-refractivity contribution in [2.75, 3.05) is 31.1 Å². The van der Waals surface area contributed by atoms with Crippen molar-refractivity contribution >= 4 is 23.2 Å². The third kappa shape index (κ3) is 4.64. The molecule has 1 unspecified atom stereocenters. The first-order chi connectivity index (χ1) is 14.4. The number of aromatic nitrogens is 2. The average molecular weight is 410 g/mol. The predicted molar refractivity (Wildman–Crippen MR) is 113 cm³/mol. The number of ether oxygens (including phenoxy) is 2. The van der Waals surface area contributed by atoms with Crippen molar-refractivity contribution in [1.82, 2.24) is 14.9 Å². The summed E-state index contributed by atoms with van der Waals surface area (Å²) in [5, 5.41) is 0. The molecule has 0 saturated carbocycles. The molecule has 158 valence electrons. The molecule has 1 aliphatic rings. The highest BCUT2D eigenvalue weighted by Crippen LogP contribution is 2.26. The molecule has 3 heterocycles. The Kier molecular flexibility index (Phi) is 5.48. The van der Waals surface area contributed by atoms with E-state index in [4.69, 9.17) is 13.9 Å². The van der Waals surface area contributed by atoms with Gasteiger partial charge in [0.05, 0.1) is 12.2 Å². The lowest BCUT2D eigenvalue weighted by Crippen LogP contribution is -2.57. The summed E-state index contributed by atoms with van der Waals surface area (Å²) in [5.74, 6) is 0.671. The van der Waals surface area contributed by atoms with Crippen molar-refractivity contribution < 1.29 is 18.7 Å². The van der Waals surface area contributed by atoms with E-state index in [0.717, 1.165) is 11.1 Å². The maximum atomic E-state index is 12.6. The summed E-state index contributed by atoms with van der Waals surface area (Å²) < 4.78 is 17.5. The van der Waals surface area contributed by atoms with Crippen LogP contribution in [0.5, 0.6) is 5.75 Å². The Morgan fingerprint density at radius 1 is 1.20 bits per heavy atom. The van der Waals surface area contributed by atoms with Gasteiger partial charge in [-0.15, -0.1) is 0 Å². The number of pyridine rings is 1. The molecule has 30 heavy (non-hydrogen) atoms. The molecule has 0 spiro atoms. The standard InChI is InChI=1S/C22H26N4O4/c1-22(2,3)30-21(27)25-11-12-26(20-24-18-8-4-5-9-19(18)29-20)16(14-25)15-28-17-7-6-10-23-13-17/h4-10,13,16H,11-12,14-15H2,1-3H3. The molecule has 8 heteroatoms. The third-order valence-corrected chi connectivity index (χ3v) is 4.74. The van der Waals surface area contributed by atoms with Crippen LogP contribution in [-0.2, 0) is 4.74 Å². The number of fused-ring (bicyclic) bond motifs is 1. The van der Waals surface area contributed by atoms with Crippen LogP contribution in [0.3, 0.4) is 0 Å². The number of hydrogen-bond acceptors (Lipinski definition) is 7. The van der Waals surface area contributed by atoms with Gasteiger partial charge in [0.1, 0.15) is 23.5 Å². The minimum Gasteiger partial charge on any atom is -0.490 e. The summed E-state index contributed by atoms with van der Waals surface area (Å²) in [6.07, 6.45) is 3.03. The number of para-hydroxylation sites is 2. The number of benzene rings is 1. The molecule has 1 amide bonds. The van der Waals surface area contributed by atoms with E-state index in [2.05, 4.69) is 14.9 Å². The molecule has 1 fully saturated rings. The lowest BCUT2D eigenvalue weighted by Gasteiger charge is -2.40. The normalized spacial score (nSPS) is 17.2. The number of anilines is 1. The Labute approximate surface area is 175 Å². The van der Waals surface area contributed by atoms with E-state index < -0.39 is 5.60 Å². The minimum atomic E-state index is -0.545. The quantitative estimate of drug-likeness (QED) is 0.648. The summed E-state index contributed by atoms with van der Waals surface area (Å²) in [4.78, 5) is 25.1. The molecule has 0 bridgehead atoms. The molecular weight excluding hydrogens is 384 g/mol. The predicted octanol–water partition coefficient (Wildman–Crippen LogP) is 3.73. The Morgan fingerprint density at radius 2 is 2.03 bits per heavy atom. The van der Waals surface area contributed by atoms with Gasteiger partial charge in [0.2, 0.25) is 0 Å². The first-order valence-electron chi connectivity index (χ1n) is 10.0. The van der Waals surface area contributed by atoms with E-state index in [1.54, 1.807) is 17.3 Å². The van der Waals surface area contributed by atoms with Gasteiger partial charge in [-0.05, 0) is 45.0 Å². The summed E-state index contributed by atoms with van der Waals surface area (Å²) in [5.41, 5.74) is 0.985. The monoisotopic (exact) mass is 410 g/mol.